The van der Waals surface area contributed by atoms with Gasteiger partial charge in [-0.1, -0.05) is 23.4 Å². The van der Waals surface area contributed by atoms with Crippen LogP contribution in [0.3, 0.4) is 0 Å². The molecule has 9 nitrogen and oxygen atoms in total. The van der Waals surface area contributed by atoms with Crippen LogP contribution in [-0.4, -0.2) is 49.6 Å². The van der Waals surface area contributed by atoms with Crippen LogP contribution in [0.25, 0.3) is 11.3 Å². The molecule has 1 saturated heterocycles. The maximum atomic E-state index is 13.6. The molecule has 0 aliphatic carbocycles. The van der Waals surface area contributed by atoms with Crippen LogP contribution < -0.4 is 5.32 Å². The van der Waals surface area contributed by atoms with Crippen molar-refractivity contribution in [1.29, 1.82) is 0 Å². The third-order valence-electron chi connectivity index (χ3n) is 5.97. The van der Waals surface area contributed by atoms with Gasteiger partial charge in [-0.3, -0.25) is 29.4 Å². The van der Waals surface area contributed by atoms with E-state index in [1.54, 1.807) is 35.1 Å². The smallest absolute Gasteiger partial charge is 0.262 e. The molecule has 10 heteroatoms. The van der Waals surface area contributed by atoms with Crippen LogP contribution in [0.1, 0.15) is 52.1 Å². The summed E-state index contributed by atoms with van der Waals surface area (Å²) < 4.78 is 15.2. The summed E-state index contributed by atoms with van der Waals surface area (Å²) in [6, 6.07) is 9.62. The van der Waals surface area contributed by atoms with Gasteiger partial charge in [0.15, 0.2) is 0 Å². The molecular formula is C23H18FN5O4. The molecular weight excluding hydrogens is 429 g/mol. The molecule has 0 saturated carbocycles. The van der Waals surface area contributed by atoms with Crippen molar-refractivity contribution >= 4 is 23.6 Å². The minimum atomic E-state index is -1.02. The highest BCUT2D eigenvalue weighted by molar-refractivity contribution is 6.23. The quantitative estimate of drug-likeness (QED) is 0.613. The van der Waals surface area contributed by atoms with Gasteiger partial charge in [0.05, 0.1) is 23.4 Å². The van der Waals surface area contributed by atoms with Crippen molar-refractivity contribution < 1.29 is 23.6 Å². The maximum Gasteiger partial charge on any atom is 0.262 e. The van der Waals surface area contributed by atoms with Crippen molar-refractivity contribution in [3.63, 3.8) is 0 Å². The van der Waals surface area contributed by atoms with E-state index in [-0.39, 0.29) is 35.8 Å². The van der Waals surface area contributed by atoms with Crippen molar-refractivity contribution in [2.24, 2.45) is 0 Å². The van der Waals surface area contributed by atoms with Gasteiger partial charge < -0.3 is 0 Å². The summed E-state index contributed by atoms with van der Waals surface area (Å²) in [5.74, 6) is -2.59. The predicted molar refractivity (Wildman–Crippen MR) is 112 cm³/mol. The van der Waals surface area contributed by atoms with E-state index in [0.717, 1.165) is 10.5 Å². The predicted octanol–water partition coefficient (Wildman–Crippen LogP) is 2.09. The highest BCUT2D eigenvalue weighted by Crippen LogP contribution is 2.31. The number of imide groups is 2. The number of benzene rings is 2. The highest BCUT2D eigenvalue weighted by Gasteiger charge is 2.44. The van der Waals surface area contributed by atoms with Crippen LogP contribution in [-0.2, 0) is 9.59 Å². The Balaban J connectivity index is 1.42. The third kappa shape index (κ3) is 3.49. The summed E-state index contributed by atoms with van der Waals surface area (Å²) >= 11 is 0. The molecule has 1 aromatic heterocycles. The van der Waals surface area contributed by atoms with Crippen LogP contribution in [0.4, 0.5) is 4.39 Å². The highest BCUT2D eigenvalue weighted by atomic mass is 19.1. The van der Waals surface area contributed by atoms with E-state index in [9.17, 15) is 23.6 Å². The van der Waals surface area contributed by atoms with Crippen LogP contribution in [0, 0.1) is 5.82 Å². The van der Waals surface area contributed by atoms with Gasteiger partial charge in [-0.2, -0.15) is 0 Å². The molecule has 0 spiro atoms. The van der Waals surface area contributed by atoms with Crippen molar-refractivity contribution in [3.8, 4) is 11.3 Å². The Morgan fingerprint density at radius 2 is 1.85 bits per heavy atom. The zero-order valence-corrected chi connectivity index (χ0v) is 17.5. The van der Waals surface area contributed by atoms with Crippen LogP contribution in [0.5, 0.6) is 0 Å². The number of carbonyl (C=O) groups is 4. The van der Waals surface area contributed by atoms with Gasteiger partial charge >= 0.3 is 0 Å². The van der Waals surface area contributed by atoms with Gasteiger partial charge in [-0.25, -0.2) is 9.07 Å². The second kappa shape index (κ2) is 7.73. The van der Waals surface area contributed by atoms with E-state index in [1.807, 2.05) is 6.92 Å². The number of piperidine rings is 1. The average molecular weight is 447 g/mol. The van der Waals surface area contributed by atoms with Gasteiger partial charge in [0.25, 0.3) is 11.8 Å². The molecule has 2 aliphatic heterocycles. The number of fused-ring (bicyclic) bond motifs is 1. The molecule has 2 atom stereocenters. The normalized spacial score (nSPS) is 19.0. The van der Waals surface area contributed by atoms with Crippen molar-refractivity contribution in [2.45, 2.75) is 31.8 Å². The SMILES string of the molecule is C[C@@H](c1cccc(F)c1)n1cc(-c2ccc3c(c2)C(=O)N(C2CCC(=O)NC2=O)C3=O)nn1. The number of nitrogens with zero attached hydrogens (tertiary/aromatic N) is 4. The van der Waals surface area contributed by atoms with E-state index in [1.165, 1.54) is 18.2 Å². The summed E-state index contributed by atoms with van der Waals surface area (Å²) in [5.41, 5.74) is 2.11. The molecule has 3 aromatic rings. The maximum absolute atomic E-state index is 13.6. The zero-order valence-electron chi connectivity index (χ0n) is 17.5. The first-order valence-corrected chi connectivity index (χ1v) is 10.4. The average Bonchev–Trinajstić information content (AvgIpc) is 3.38. The molecule has 4 amide bonds. The summed E-state index contributed by atoms with van der Waals surface area (Å²) in [5, 5.41) is 10.5. The summed E-state index contributed by atoms with van der Waals surface area (Å²) in [6.45, 7) is 1.86. The second-order valence-electron chi connectivity index (χ2n) is 8.02. The number of carbonyl (C=O) groups excluding carboxylic acids is 4. The van der Waals surface area contributed by atoms with Crippen LogP contribution >= 0.6 is 0 Å². The molecule has 1 unspecified atom stereocenters. The van der Waals surface area contributed by atoms with Crippen molar-refractivity contribution in [2.75, 3.05) is 0 Å². The molecule has 0 bridgehead atoms. The molecule has 0 radical (unpaired) electrons. The Bertz CT molecular complexity index is 1330. The van der Waals surface area contributed by atoms with E-state index in [0.29, 0.717) is 11.3 Å². The van der Waals surface area contributed by atoms with Gasteiger partial charge in [0.2, 0.25) is 11.8 Å². The molecule has 3 heterocycles. The lowest BCUT2D eigenvalue weighted by Crippen LogP contribution is -2.54. The Labute approximate surface area is 187 Å². The monoisotopic (exact) mass is 447 g/mol. The number of hydrogen-bond acceptors (Lipinski definition) is 6. The van der Waals surface area contributed by atoms with Crippen molar-refractivity contribution in [3.05, 3.63) is 71.2 Å². The van der Waals surface area contributed by atoms with Gasteiger partial charge in [0.1, 0.15) is 17.6 Å². The van der Waals surface area contributed by atoms with Gasteiger partial charge in [-0.05, 0) is 43.2 Å². The zero-order chi connectivity index (χ0) is 23.3. The first-order valence-electron chi connectivity index (χ1n) is 10.4. The molecule has 33 heavy (non-hydrogen) atoms. The van der Waals surface area contributed by atoms with E-state index in [2.05, 4.69) is 15.6 Å². The topological polar surface area (TPSA) is 114 Å². The fourth-order valence-electron chi connectivity index (χ4n) is 4.15. The number of amides is 4. The summed E-state index contributed by atoms with van der Waals surface area (Å²) in [4.78, 5) is 50.4. The summed E-state index contributed by atoms with van der Waals surface area (Å²) in [7, 11) is 0. The number of halogens is 1. The lowest BCUT2D eigenvalue weighted by Gasteiger charge is -2.27. The molecule has 2 aromatic carbocycles. The lowest BCUT2D eigenvalue weighted by molar-refractivity contribution is -0.136. The fourth-order valence-corrected chi connectivity index (χ4v) is 4.15. The van der Waals surface area contributed by atoms with Crippen molar-refractivity contribution in [1.82, 2.24) is 25.2 Å². The van der Waals surface area contributed by atoms with Crippen LogP contribution in [0.15, 0.2) is 48.7 Å². The molecule has 2 aliphatic rings. The first-order chi connectivity index (χ1) is 15.8. The minimum Gasteiger partial charge on any atom is -0.295 e. The second-order valence-corrected chi connectivity index (χ2v) is 8.02. The number of nitrogens with one attached hydrogen (secondary N) is 1. The summed E-state index contributed by atoms with van der Waals surface area (Å²) in [6.07, 6.45) is 1.83. The first kappa shape index (κ1) is 20.7. The van der Waals surface area contributed by atoms with Gasteiger partial charge in [0, 0.05) is 12.0 Å². The van der Waals surface area contributed by atoms with E-state index < -0.39 is 29.7 Å². The fraction of sp³-hybridized carbons (Fsp3) is 0.217. The Hall–Kier alpha value is -4.21. The molecule has 5 rings (SSSR count). The molecule has 1 fully saturated rings. The van der Waals surface area contributed by atoms with Gasteiger partial charge in [-0.15, -0.1) is 5.10 Å². The number of hydrogen-bond donors (Lipinski definition) is 1. The largest absolute Gasteiger partial charge is 0.295 e. The Kier molecular flexibility index (Phi) is 4.85. The number of aromatic nitrogens is 3. The Morgan fingerprint density at radius 1 is 1.06 bits per heavy atom. The Morgan fingerprint density at radius 3 is 2.61 bits per heavy atom. The third-order valence-corrected chi connectivity index (χ3v) is 5.97. The van der Waals surface area contributed by atoms with Crippen LogP contribution in [0.2, 0.25) is 0 Å². The molecule has 1 N–H and O–H groups in total. The minimum absolute atomic E-state index is 0.0572. The number of rotatable bonds is 4. The standard InChI is InChI=1S/C23H18FN5O4/c1-12(13-3-2-4-15(24)9-13)28-11-18(26-27-28)14-5-6-16-17(10-14)23(33)29(22(16)32)19-7-8-20(30)25-21(19)31/h2-6,9-12,19H,7-8H2,1H3,(H,25,30,31)/t12-,19?/m0/s1. The lowest BCUT2D eigenvalue weighted by atomic mass is 10.0. The molecule has 166 valence electrons. The van der Waals surface area contributed by atoms with E-state index in [4.69, 9.17) is 0 Å². The van der Waals surface area contributed by atoms with E-state index >= 15 is 0 Å².